The second-order valence-electron chi connectivity index (χ2n) is 4.80. The van der Waals surface area contributed by atoms with Gasteiger partial charge in [0.25, 0.3) is 10.0 Å². The predicted octanol–water partition coefficient (Wildman–Crippen LogP) is 0.987. The molecule has 19 heavy (non-hydrogen) atoms. The Kier molecular flexibility index (Phi) is 4.38. The lowest BCUT2D eigenvalue weighted by Crippen LogP contribution is -2.44. The normalized spacial score (nSPS) is 11.9. The van der Waals surface area contributed by atoms with E-state index < -0.39 is 21.7 Å². The molecule has 1 amide bonds. The number of rotatable bonds is 3. The summed E-state index contributed by atoms with van der Waals surface area (Å²) in [6.45, 7) is 5.00. The molecule has 0 fully saturated rings. The van der Waals surface area contributed by atoms with Crippen LogP contribution < -0.4 is 16.0 Å². The molecule has 7 nitrogen and oxygen atoms in total. The van der Waals surface area contributed by atoms with Crippen LogP contribution in [0.15, 0.2) is 29.2 Å². The standard InChI is InChI=1S/C11H17N3O4S/c1-11(2,3)18-10(15)13-14-19(16,17)9-6-4-8(12)5-7-9/h4-7,14H,12H2,1-3H3,(H,13,15). The number of nitrogens with two attached hydrogens (primary N) is 1. The van der Waals surface area contributed by atoms with Crippen molar-refractivity contribution in [1.29, 1.82) is 0 Å². The van der Waals surface area contributed by atoms with Crippen molar-refractivity contribution < 1.29 is 17.9 Å². The lowest BCUT2D eigenvalue weighted by Gasteiger charge is -2.19. The van der Waals surface area contributed by atoms with Gasteiger partial charge in [-0.25, -0.2) is 18.6 Å². The van der Waals surface area contributed by atoms with E-state index in [1.165, 1.54) is 24.3 Å². The number of hydrogen-bond donors (Lipinski definition) is 3. The van der Waals surface area contributed by atoms with Gasteiger partial charge < -0.3 is 10.5 Å². The average molecular weight is 287 g/mol. The van der Waals surface area contributed by atoms with Crippen LogP contribution in [0, 0.1) is 0 Å². The molecule has 1 aromatic rings. The molecule has 0 atom stereocenters. The predicted molar refractivity (Wildman–Crippen MR) is 70.5 cm³/mol. The maximum atomic E-state index is 11.8. The number of sulfonamides is 1. The van der Waals surface area contributed by atoms with E-state index in [9.17, 15) is 13.2 Å². The van der Waals surface area contributed by atoms with Crippen molar-refractivity contribution in [3.63, 3.8) is 0 Å². The molecule has 0 radical (unpaired) electrons. The summed E-state index contributed by atoms with van der Waals surface area (Å²) >= 11 is 0. The minimum atomic E-state index is -3.85. The fourth-order valence-corrected chi connectivity index (χ4v) is 1.95. The monoisotopic (exact) mass is 287 g/mol. The summed E-state index contributed by atoms with van der Waals surface area (Å²) in [4.78, 5) is 13.2. The molecule has 4 N–H and O–H groups in total. The van der Waals surface area contributed by atoms with Gasteiger partial charge in [-0.3, -0.25) is 0 Å². The second kappa shape index (κ2) is 5.45. The van der Waals surface area contributed by atoms with Gasteiger partial charge in [0.1, 0.15) is 5.60 Å². The maximum absolute atomic E-state index is 11.8. The Bertz CT molecular complexity index is 546. The number of ether oxygens (including phenoxy) is 1. The van der Waals surface area contributed by atoms with Crippen LogP contribution in [0.4, 0.5) is 10.5 Å². The molecule has 1 rings (SSSR count). The summed E-state index contributed by atoms with van der Waals surface area (Å²) in [6, 6.07) is 5.55. The van der Waals surface area contributed by atoms with Crippen molar-refractivity contribution in [1.82, 2.24) is 10.3 Å². The van der Waals surface area contributed by atoms with Gasteiger partial charge in [-0.2, -0.15) is 0 Å². The van der Waals surface area contributed by atoms with E-state index >= 15 is 0 Å². The average Bonchev–Trinajstić information content (AvgIpc) is 2.25. The van der Waals surface area contributed by atoms with Crippen LogP contribution in [-0.2, 0) is 14.8 Å². The molecule has 0 aliphatic heterocycles. The second-order valence-corrected chi connectivity index (χ2v) is 6.48. The molecule has 0 heterocycles. The van der Waals surface area contributed by atoms with E-state index in [0.29, 0.717) is 5.69 Å². The van der Waals surface area contributed by atoms with Crippen molar-refractivity contribution in [3.8, 4) is 0 Å². The number of carbonyl (C=O) groups excluding carboxylic acids is 1. The minimum absolute atomic E-state index is 0.0160. The Morgan fingerprint density at radius 2 is 1.74 bits per heavy atom. The Hall–Kier alpha value is -1.80. The third-order valence-corrected chi connectivity index (χ3v) is 3.14. The molecule has 0 saturated heterocycles. The van der Waals surface area contributed by atoms with Crippen molar-refractivity contribution in [2.75, 3.05) is 5.73 Å². The molecule has 0 spiro atoms. The Balaban J connectivity index is 2.66. The van der Waals surface area contributed by atoms with Crippen LogP contribution in [-0.4, -0.2) is 20.1 Å². The van der Waals surface area contributed by atoms with Gasteiger partial charge in [-0.15, -0.1) is 4.83 Å². The van der Waals surface area contributed by atoms with Crippen LogP contribution >= 0.6 is 0 Å². The highest BCUT2D eigenvalue weighted by Crippen LogP contribution is 2.11. The topological polar surface area (TPSA) is 111 Å². The summed E-state index contributed by atoms with van der Waals surface area (Å²) in [7, 11) is -3.85. The van der Waals surface area contributed by atoms with E-state index in [-0.39, 0.29) is 4.90 Å². The summed E-state index contributed by atoms with van der Waals surface area (Å²) in [6.07, 6.45) is -0.883. The Morgan fingerprint density at radius 3 is 2.21 bits per heavy atom. The molecule has 0 saturated carbocycles. The lowest BCUT2D eigenvalue weighted by atomic mass is 10.2. The lowest BCUT2D eigenvalue weighted by molar-refractivity contribution is 0.0515. The van der Waals surface area contributed by atoms with E-state index in [1.54, 1.807) is 20.8 Å². The summed E-state index contributed by atoms with van der Waals surface area (Å²) in [5.41, 5.74) is 7.15. The van der Waals surface area contributed by atoms with Crippen LogP contribution in [0.1, 0.15) is 20.8 Å². The first kappa shape index (κ1) is 15.3. The highest BCUT2D eigenvalue weighted by Gasteiger charge is 2.19. The molecule has 0 aliphatic carbocycles. The van der Waals surface area contributed by atoms with Crippen molar-refractivity contribution in [2.24, 2.45) is 0 Å². The number of nitrogens with one attached hydrogen (secondary N) is 2. The van der Waals surface area contributed by atoms with Gasteiger partial charge in [0.2, 0.25) is 0 Å². The molecular formula is C11H17N3O4S. The molecular weight excluding hydrogens is 270 g/mol. The van der Waals surface area contributed by atoms with Crippen molar-refractivity contribution in [3.05, 3.63) is 24.3 Å². The first-order valence-electron chi connectivity index (χ1n) is 5.46. The van der Waals surface area contributed by atoms with Crippen LogP contribution in [0.5, 0.6) is 0 Å². The molecule has 0 aliphatic rings. The van der Waals surface area contributed by atoms with Gasteiger partial charge in [-0.1, -0.05) is 0 Å². The molecule has 8 heteroatoms. The zero-order chi connectivity index (χ0) is 14.7. The number of hydrogen-bond acceptors (Lipinski definition) is 5. The van der Waals surface area contributed by atoms with Crippen molar-refractivity contribution >= 4 is 21.8 Å². The summed E-state index contributed by atoms with van der Waals surface area (Å²) in [5, 5.41) is 0. The molecule has 0 bridgehead atoms. The fourth-order valence-electron chi connectivity index (χ4n) is 1.12. The molecule has 0 aromatic heterocycles. The SMILES string of the molecule is CC(C)(C)OC(=O)NNS(=O)(=O)c1ccc(N)cc1. The first-order valence-corrected chi connectivity index (χ1v) is 6.95. The fraction of sp³-hybridized carbons (Fsp3) is 0.364. The Labute approximate surface area is 112 Å². The van der Waals surface area contributed by atoms with E-state index in [4.69, 9.17) is 10.5 Å². The number of carbonyl (C=O) groups is 1. The number of hydrazine groups is 1. The van der Waals surface area contributed by atoms with Gasteiger partial charge in [0.05, 0.1) is 4.90 Å². The molecule has 1 aromatic carbocycles. The maximum Gasteiger partial charge on any atom is 0.423 e. The third kappa shape index (κ3) is 5.14. The number of nitrogen functional groups attached to an aromatic ring is 1. The first-order chi connectivity index (χ1) is 8.60. The van der Waals surface area contributed by atoms with Crippen LogP contribution in [0.3, 0.4) is 0 Å². The summed E-state index contributed by atoms with van der Waals surface area (Å²) in [5.74, 6) is 0. The molecule has 0 unspecified atom stereocenters. The third-order valence-electron chi connectivity index (χ3n) is 1.88. The summed E-state index contributed by atoms with van der Waals surface area (Å²) < 4.78 is 28.5. The number of benzene rings is 1. The zero-order valence-corrected chi connectivity index (χ0v) is 11.7. The van der Waals surface area contributed by atoms with Crippen LogP contribution in [0.25, 0.3) is 0 Å². The van der Waals surface area contributed by atoms with Crippen molar-refractivity contribution in [2.45, 2.75) is 31.3 Å². The van der Waals surface area contributed by atoms with Crippen LogP contribution in [0.2, 0.25) is 0 Å². The van der Waals surface area contributed by atoms with Gasteiger partial charge in [0, 0.05) is 5.69 Å². The Morgan fingerprint density at radius 1 is 1.21 bits per heavy atom. The smallest absolute Gasteiger partial charge is 0.423 e. The van der Waals surface area contributed by atoms with E-state index in [2.05, 4.69) is 0 Å². The van der Waals surface area contributed by atoms with Gasteiger partial charge in [-0.05, 0) is 45.0 Å². The van der Waals surface area contributed by atoms with Gasteiger partial charge >= 0.3 is 6.09 Å². The quantitative estimate of drug-likeness (QED) is 0.567. The van der Waals surface area contributed by atoms with E-state index in [0.717, 1.165) is 0 Å². The van der Waals surface area contributed by atoms with Gasteiger partial charge in [0.15, 0.2) is 0 Å². The minimum Gasteiger partial charge on any atom is -0.443 e. The van der Waals surface area contributed by atoms with E-state index in [1.807, 2.05) is 10.3 Å². The number of anilines is 1. The zero-order valence-electron chi connectivity index (χ0n) is 10.9. The number of amides is 1. The highest BCUT2D eigenvalue weighted by molar-refractivity contribution is 7.89. The molecule has 106 valence electrons. The largest absolute Gasteiger partial charge is 0.443 e. The highest BCUT2D eigenvalue weighted by atomic mass is 32.2.